The minimum absolute atomic E-state index is 0.171. The van der Waals surface area contributed by atoms with Crippen LogP contribution in [0.2, 0.25) is 0 Å². The highest BCUT2D eigenvalue weighted by atomic mass is 79.9. The van der Waals surface area contributed by atoms with Gasteiger partial charge in [-0.05, 0) is 54.3 Å². The van der Waals surface area contributed by atoms with E-state index in [-0.39, 0.29) is 5.82 Å². The Kier molecular flexibility index (Phi) is 3.74. The topological polar surface area (TPSA) is 38.9 Å². The molecule has 0 radical (unpaired) electrons. The van der Waals surface area contributed by atoms with E-state index in [9.17, 15) is 4.39 Å². The van der Waals surface area contributed by atoms with E-state index in [0.717, 1.165) is 16.5 Å². The highest BCUT2D eigenvalue weighted by molar-refractivity contribution is 9.10. The first kappa shape index (κ1) is 12.0. The van der Waals surface area contributed by atoms with Gasteiger partial charge in [-0.15, -0.1) is 0 Å². The number of hydrogen-bond acceptors (Lipinski definition) is 2. The quantitative estimate of drug-likeness (QED) is 0.943. The van der Waals surface area contributed by atoms with Gasteiger partial charge in [0.05, 0.1) is 0 Å². The van der Waals surface area contributed by atoms with Gasteiger partial charge in [0, 0.05) is 10.7 Å². The minimum atomic E-state index is -0.171. The lowest BCUT2D eigenvalue weighted by atomic mass is 10.0. The molecule has 88 valence electrons. The van der Waals surface area contributed by atoms with Crippen LogP contribution < -0.4 is 5.73 Å². The molecule has 0 aliphatic rings. The Bertz CT molecular complexity index is 529. The van der Waals surface area contributed by atoms with Crippen molar-refractivity contribution < 1.29 is 4.39 Å². The van der Waals surface area contributed by atoms with E-state index in [1.807, 2.05) is 12.1 Å². The second kappa shape index (κ2) is 5.27. The first-order chi connectivity index (χ1) is 8.15. The minimum Gasteiger partial charge on any atom is -0.384 e. The lowest BCUT2D eigenvalue weighted by Gasteiger charge is -2.05. The summed E-state index contributed by atoms with van der Waals surface area (Å²) in [6.45, 7) is 0. The van der Waals surface area contributed by atoms with Crippen molar-refractivity contribution in [2.45, 2.75) is 12.8 Å². The molecule has 0 fully saturated rings. The third-order valence-electron chi connectivity index (χ3n) is 2.54. The number of hydrogen-bond donors (Lipinski definition) is 1. The molecule has 2 nitrogen and oxygen atoms in total. The van der Waals surface area contributed by atoms with Gasteiger partial charge in [0.2, 0.25) is 0 Å². The molecular weight excluding hydrogens is 283 g/mol. The van der Waals surface area contributed by atoms with Gasteiger partial charge in [-0.3, -0.25) is 0 Å². The highest BCUT2D eigenvalue weighted by Crippen LogP contribution is 2.17. The summed E-state index contributed by atoms with van der Waals surface area (Å²) >= 11 is 3.34. The summed E-state index contributed by atoms with van der Waals surface area (Å²) < 4.78 is 14.4. The first-order valence-electron chi connectivity index (χ1n) is 5.29. The number of nitrogens with two attached hydrogens (primary N) is 1. The number of pyridine rings is 1. The zero-order valence-electron chi connectivity index (χ0n) is 9.16. The van der Waals surface area contributed by atoms with Gasteiger partial charge in [-0.25, -0.2) is 9.37 Å². The van der Waals surface area contributed by atoms with Crippen LogP contribution in [0.3, 0.4) is 0 Å². The Morgan fingerprint density at radius 3 is 2.76 bits per heavy atom. The molecule has 1 heterocycles. The van der Waals surface area contributed by atoms with E-state index in [1.54, 1.807) is 18.3 Å². The van der Waals surface area contributed by atoms with Gasteiger partial charge in [0.25, 0.3) is 0 Å². The maximum absolute atomic E-state index is 13.5. The Labute approximate surface area is 108 Å². The maximum Gasteiger partial charge on any atom is 0.126 e. The molecule has 0 bridgehead atoms. The molecule has 17 heavy (non-hydrogen) atoms. The fraction of sp³-hybridized carbons (Fsp3) is 0.154. The molecular formula is C13H12BrFN2. The zero-order valence-corrected chi connectivity index (χ0v) is 10.7. The number of benzene rings is 1. The SMILES string of the molecule is Nc1cc(CCc2cc(Br)ccc2F)ccn1. The van der Waals surface area contributed by atoms with E-state index in [1.165, 1.54) is 6.07 Å². The monoisotopic (exact) mass is 294 g/mol. The highest BCUT2D eigenvalue weighted by Gasteiger charge is 2.03. The molecule has 0 aliphatic heterocycles. The van der Waals surface area contributed by atoms with Crippen molar-refractivity contribution in [3.63, 3.8) is 0 Å². The molecule has 1 aromatic carbocycles. The van der Waals surface area contributed by atoms with Crippen molar-refractivity contribution in [1.82, 2.24) is 4.98 Å². The standard InChI is InChI=1S/C13H12BrFN2/c14-11-3-4-12(15)10(8-11)2-1-9-5-6-17-13(16)7-9/h3-8H,1-2H2,(H2,16,17). The molecule has 2 aromatic rings. The van der Waals surface area contributed by atoms with Gasteiger partial charge in [0.1, 0.15) is 11.6 Å². The average molecular weight is 295 g/mol. The number of aryl methyl sites for hydroxylation is 2. The van der Waals surface area contributed by atoms with Crippen molar-refractivity contribution in [3.05, 3.63) is 57.9 Å². The fourth-order valence-electron chi connectivity index (χ4n) is 1.66. The summed E-state index contributed by atoms with van der Waals surface area (Å²) in [5, 5.41) is 0. The maximum atomic E-state index is 13.5. The average Bonchev–Trinajstić information content (AvgIpc) is 2.30. The van der Waals surface area contributed by atoms with E-state index >= 15 is 0 Å². The zero-order chi connectivity index (χ0) is 12.3. The number of nitrogens with zero attached hydrogens (tertiary/aromatic N) is 1. The third kappa shape index (κ3) is 3.27. The van der Waals surface area contributed by atoms with E-state index in [0.29, 0.717) is 17.8 Å². The largest absolute Gasteiger partial charge is 0.384 e. The Hall–Kier alpha value is -1.42. The predicted octanol–water partition coefficient (Wildman–Crippen LogP) is 3.35. The predicted molar refractivity (Wildman–Crippen MR) is 70.2 cm³/mol. The Morgan fingerprint density at radius 2 is 2.00 bits per heavy atom. The molecule has 0 aliphatic carbocycles. The molecule has 4 heteroatoms. The van der Waals surface area contributed by atoms with Crippen LogP contribution in [0.15, 0.2) is 41.0 Å². The van der Waals surface area contributed by atoms with Crippen molar-refractivity contribution in [1.29, 1.82) is 0 Å². The Balaban J connectivity index is 2.09. The normalized spacial score (nSPS) is 10.5. The number of halogens is 2. The van der Waals surface area contributed by atoms with E-state index in [2.05, 4.69) is 20.9 Å². The van der Waals surface area contributed by atoms with Gasteiger partial charge in [0.15, 0.2) is 0 Å². The summed E-state index contributed by atoms with van der Waals surface area (Å²) in [5.41, 5.74) is 7.36. The van der Waals surface area contributed by atoms with Crippen LogP contribution in [0.4, 0.5) is 10.2 Å². The molecule has 0 saturated heterocycles. The number of nitrogen functional groups attached to an aromatic ring is 1. The lowest BCUT2D eigenvalue weighted by molar-refractivity contribution is 0.608. The molecule has 0 spiro atoms. The summed E-state index contributed by atoms with van der Waals surface area (Å²) in [4.78, 5) is 3.92. The molecule has 2 rings (SSSR count). The molecule has 0 saturated carbocycles. The van der Waals surface area contributed by atoms with Crippen molar-refractivity contribution in [2.75, 3.05) is 5.73 Å². The van der Waals surface area contributed by atoms with Gasteiger partial charge >= 0.3 is 0 Å². The molecule has 1 aromatic heterocycles. The molecule has 0 unspecified atom stereocenters. The van der Waals surface area contributed by atoms with Crippen molar-refractivity contribution >= 4 is 21.7 Å². The molecule has 0 atom stereocenters. The number of rotatable bonds is 3. The van der Waals surface area contributed by atoms with Crippen LogP contribution in [0.1, 0.15) is 11.1 Å². The van der Waals surface area contributed by atoms with Crippen LogP contribution in [0.25, 0.3) is 0 Å². The molecule has 0 amide bonds. The fourth-order valence-corrected chi connectivity index (χ4v) is 2.07. The van der Waals surface area contributed by atoms with Gasteiger partial charge < -0.3 is 5.73 Å². The van der Waals surface area contributed by atoms with Crippen LogP contribution in [0, 0.1) is 5.82 Å². The van der Waals surface area contributed by atoms with Crippen LogP contribution in [-0.4, -0.2) is 4.98 Å². The first-order valence-corrected chi connectivity index (χ1v) is 6.09. The van der Waals surface area contributed by atoms with Gasteiger partial charge in [-0.1, -0.05) is 15.9 Å². The van der Waals surface area contributed by atoms with Crippen molar-refractivity contribution in [2.24, 2.45) is 0 Å². The Morgan fingerprint density at radius 1 is 1.18 bits per heavy atom. The van der Waals surface area contributed by atoms with E-state index < -0.39 is 0 Å². The van der Waals surface area contributed by atoms with Crippen molar-refractivity contribution in [3.8, 4) is 0 Å². The summed E-state index contributed by atoms with van der Waals surface area (Å²) in [6, 6.07) is 8.69. The number of anilines is 1. The second-order valence-corrected chi connectivity index (χ2v) is 4.74. The second-order valence-electron chi connectivity index (χ2n) is 3.82. The lowest BCUT2D eigenvalue weighted by Crippen LogP contribution is -1.97. The smallest absolute Gasteiger partial charge is 0.126 e. The number of aromatic nitrogens is 1. The summed E-state index contributed by atoms with van der Waals surface area (Å²) in [5.74, 6) is 0.326. The van der Waals surface area contributed by atoms with Crippen LogP contribution in [0.5, 0.6) is 0 Å². The van der Waals surface area contributed by atoms with Gasteiger partial charge in [-0.2, -0.15) is 0 Å². The third-order valence-corrected chi connectivity index (χ3v) is 3.03. The van der Waals surface area contributed by atoms with Crippen LogP contribution in [-0.2, 0) is 12.8 Å². The molecule has 2 N–H and O–H groups in total. The summed E-state index contributed by atoms with van der Waals surface area (Å²) in [6.07, 6.45) is 3.07. The van der Waals surface area contributed by atoms with E-state index in [4.69, 9.17) is 5.73 Å². The summed E-state index contributed by atoms with van der Waals surface area (Å²) in [7, 11) is 0. The van der Waals surface area contributed by atoms with Crippen LogP contribution >= 0.6 is 15.9 Å².